The lowest BCUT2D eigenvalue weighted by Crippen LogP contribution is -2.23. The average Bonchev–Trinajstić information content (AvgIpc) is 2.71. The van der Waals surface area contributed by atoms with Crippen LogP contribution >= 0.6 is 15.9 Å². The number of halogens is 1. The van der Waals surface area contributed by atoms with Crippen LogP contribution in [0, 0.1) is 0 Å². The van der Waals surface area contributed by atoms with E-state index < -0.39 is 0 Å². The molecular weight excluding hydrogens is 404 g/mol. The Hall–Kier alpha value is -2.66. The minimum Gasteiger partial charge on any atom is -0.489 e. The fourth-order valence-corrected chi connectivity index (χ4v) is 3.08. The van der Waals surface area contributed by atoms with Gasteiger partial charge in [-0.1, -0.05) is 52.3 Å². The van der Waals surface area contributed by atoms with Crippen LogP contribution < -0.4 is 10.1 Å². The monoisotopic (exact) mass is 424 g/mol. The Morgan fingerprint density at radius 1 is 1.00 bits per heavy atom. The van der Waals surface area contributed by atoms with Crippen molar-refractivity contribution in [3.05, 3.63) is 94.2 Å². The summed E-state index contributed by atoms with van der Waals surface area (Å²) in [7, 11) is 0. The van der Waals surface area contributed by atoms with Crippen LogP contribution in [-0.2, 0) is 24.4 Å². The van der Waals surface area contributed by atoms with Gasteiger partial charge in [0.25, 0.3) is 0 Å². The zero-order valence-corrected chi connectivity index (χ0v) is 16.5. The van der Waals surface area contributed by atoms with Crippen molar-refractivity contribution in [2.24, 2.45) is 0 Å². The van der Waals surface area contributed by atoms with Crippen molar-refractivity contribution in [1.29, 1.82) is 0 Å². The van der Waals surface area contributed by atoms with Crippen molar-refractivity contribution in [3.63, 3.8) is 0 Å². The molecule has 0 unspecified atom stereocenters. The third-order valence-electron chi connectivity index (χ3n) is 4.12. The molecule has 1 N–H and O–H groups in total. The Kier molecular flexibility index (Phi) is 6.99. The molecule has 4 nitrogen and oxygen atoms in total. The van der Waals surface area contributed by atoms with Gasteiger partial charge in [0, 0.05) is 35.4 Å². The number of ether oxygens (including phenoxy) is 1. The van der Waals surface area contributed by atoms with E-state index >= 15 is 0 Å². The lowest BCUT2D eigenvalue weighted by molar-refractivity contribution is -0.121. The van der Waals surface area contributed by atoms with E-state index in [2.05, 4.69) is 26.2 Å². The number of benzene rings is 2. The molecule has 5 heteroatoms. The van der Waals surface area contributed by atoms with Crippen LogP contribution in [0.25, 0.3) is 0 Å². The highest BCUT2D eigenvalue weighted by molar-refractivity contribution is 9.10. The molecule has 0 atom stereocenters. The molecule has 0 aliphatic carbocycles. The molecule has 0 fully saturated rings. The summed E-state index contributed by atoms with van der Waals surface area (Å²) in [5.41, 5.74) is 3.21. The first-order valence-electron chi connectivity index (χ1n) is 8.81. The van der Waals surface area contributed by atoms with Gasteiger partial charge >= 0.3 is 0 Å². The number of carbonyl (C=O) groups is 1. The van der Waals surface area contributed by atoms with Gasteiger partial charge in [0.15, 0.2) is 0 Å². The molecule has 3 rings (SSSR count). The van der Waals surface area contributed by atoms with Crippen LogP contribution in [0.4, 0.5) is 0 Å². The number of carbonyl (C=O) groups excluding carboxylic acids is 1. The normalized spacial score (nSPS) is 10.4. The Bertz CT molecular complexity index is 867. The van der Waals surface area contributed by atoms with E-state index in [9.17, 15) is 4.79 Å². The molecule has 0 saturated carbocycles. The lowest BCUT2D eigenvalue weighted by atomic mass is 10.1. The van der Waals surface area contributed by atoms with Crippen LogP contribution in [0.1, 0.15) is 23.1 Å². The number of pyridine rings is 1. The Morgan fingerprint density at radius 3 is 2.56 bits per heavy atom. The molecule has 0 saturated heterocycles. The molecule has 0 bridgehead atoms. The van der Waals surface area contributed by atoms with Gasteiger partial charge in [-0.15, -0.1) is 0 Å². The summed E-state index contributed by atoms with van der Waals surface area (Å²) >= 11 is 3.51. The summed E-state index contributed by atoms with van der Waals surface area (Å²) in [5.74, 6) is 0.838. The van der Waals surface area contributed by atoms with Crippen molar-refractivity contribution in [3.8, 4) is 5.75 Å². The van der Waals surface area contributed by atoms with Crippen molar-refractivity contribution < 1.29 is 9.53 Å². The number of amides is 1. The molecule has 1 amide bonds. The Morgan fingerprint density at radius 2 is 1.81 bits per heavy atom. The second-order valence-corrected chi connectivity index (χ2v) is 7.02. The van der Waals surface area contributed by atoms with Crippen LogP contribution in [0.5, 0.6) is 5.75 Å². The molecule has 138 valence electrons. The van der Waals surface area contributed by atoms with E-state index in [1.54, 1.807) is 12.4 Å². The first-order valence-corrected chi connectivity index (χ1v) is 9.61. The molecule has 27 heavy (non-hydrogen) atoms. The summed E-state index contributed by atoms with van der Waals surface area (Å²) in [6.07, 6.45) is 4.71. The maximum Gasteiger partial charge on any atom is 0.220 e. The highest BCUT2D eigenvalue weighted by Crippen LogP contribution is 2.17. The lowest BCUT2D eigenvalue weighted by Gasteiger charge is -2.09. The summed E-state index contributed by atoms with van der Waals surface area (Å²) in [6.45, 7) is 0.997. The van der Waals surface area contributed by atoms with Gasteiger partial charge < -0.3 is 10.1 Å². The van der Waals surface area contributed by atoms with E-state index in [1.165, 1.54) is 0 Å². The Balaban J connectivity index is 1.41. The van der Waals surface area contributed by atoms with E-state index in [4.69, 9.17) is 4.74 Å². The Labute approximate surface area is 167 Å². The van der Waals surface area contributed by atoms with Crippen LogP contribution in [-0.4, -0.2) is 10.9 Å². The van der Waals surface area contributed by atoms with Crippen molar-refractivity contribution in [1.82, 2.24) is 10.3 Å². The molecule has 0 aliphatic rings. The SMILES string of the molecule is O=C(CCc1ccccc1Br)NCc1ccc(OCc2cccnc2)cc1. The largest absolute Gasteiger partial charge is 0.489 e. The molecule has 1 aromatic heterocycles. The quantitative estimate of drug-likeness (QED) is 0.571. The molecule has 1 heterocycles. The van der Waals surface area contributed by atoms with Gasteiger partial charge in [0.1, 0.15) is 12.4 Å². The van der Waals surface area contributed by atoms with Gasteiger partial charge in [0.2, 0.25) is 5.91 Å². The smallest absolute Gasteiger partial charge is 0.220 e. The summed E-state index contributed by atoms with van der Waals surface area (Å²) in [5, 5.41) is 2.96. The zero-order valence-electron chi connectivity index (χ0n) is 14.9. The number of aryl methyl sites for hydroxylation is 1. The molecule has 3 aromatic rings. The number of nitrogens with zero attached hydrogens (tertiary/aromatic N) is 1. The van der Waals surface area contributed by atoms with Crippen molar-refractivity contribution >= 4 is 21.8 Å². The average molecular weight is 425 g/mol. The van der Waals surface area contributed by atoms with Gasteiger partial charge in [-0.3, -0.25) is 9.78 Å². The molecule has 0 radical (unpaired) electrons. The number of rotatable bonds is 8. The van der Waals surface area contributed by atoms with Crippen LogP contribution in [0.3, 0.4) is 0 Å². The maximum absolute atomic E-state index is 12.1. The minimum absolute atomic E-state index is 0.0441. The standard InChI is InChI=1S/C22H21BrN2O2/c23-21-6-2-1-5-19(21)9-12-22(26)25-15-17-7-10-20(11-8-17)27-16-18-4-3-13-24-14-18/h1-8,10-11,13-14H,9,12,15-16H2,(H,25,26). The maximum atomic E-state index is 12.1. The van der Waals surface area contributed by atoms with Crippen molar-refractivity contribution in [2.45, 2.75) is 26.0 Å². The van der Waals surface area contributed by atoms with Crippen LogP contribution in [0.2, 0.25) is 0 Å². The van der Waals surface area contributed by atoms with Gasteiger partial charge in [0.05, 0.1) is 0 Å². The second kappa shape index (κ2) is 9.88. The molecular formula is C22H21BrN2O2. The van der Waals surface area contributed by atoms with E-state index in [-0.39, 0.29) is 5.91 Å². The zero-order chi connectivity index (χ0) is 18.9. The highest BCUT2D eigenvalue weighted by atomic mass is 79.9. The van der Waals surface area contributed by atoms with E-state index in [0.717, 1.165) is 26.9 Å². The molecule has 0 aliphatic heterocycles. The van der Waals surface area contributed by atoms with Crippen molar-refractivity contribution in [2.75, 3.05) is 0 Å². The van der Waals surface area contributed by atoms with Gasteiger partial charge in [-0.25, -0.2) is 0 Å². The first-order chi connectivity index (χ1) is 13.2. The number of aromatic nitrogens is 1. The minimum atomic E-state index is 0.0441. The first kappa shape index (κ1) is 19.1. The molecule has 2 aromatic carbocycles. The third-order valence-corrected chi connectivity index (χ3v) is 4.89. The highest BCUT2D eigenvalue weighted by Gasteiger charge is 2.05. The van der Waals surface area contributed by atoms with E-state index in [1.807, 2.05) is 60.7 Å². The summed E-state index contributed by atoms with van der Waals surface area (Å²) in [6, 6.07) is 19.6. The van der Waals surface area contributed by atoms with Gasteiger partial charge in [-0.05, 0) is 41.8 Å². The summed E-state index contributed by atoms with van der Waals surface area (Å²) < 4.78 is 6.78. The fourth-order valence-electron chi connectivity index (χ4n) is 2.59. The second-order valence-electron chi connectivity index (χ2n) is 6.16. The topological polar surface area (TPSA) is 51.2 Å². The number of nitrogens with one attached hydrogen (secondary N) is 1. The molecule has 0 spiro atoms. The van der Waals surface area contributed by atoms with Crippen LogP contribution in [0.15, 0.2) is 77.5 Å². The van der Waals surface area contributed by atoms with Gasteiger partial charge in [-0.2, -0.15) is 0 Å². The van der Waals surface area contributed by atoms with E-state index in [0.29, 0.717) is 26.0 Å². The third kappa shape index (κ3) is 6.22. The predicted octanol–water partition coefficient (Wildman–Crippen LogP) is 4.67. The number of hydrogen-bond acceptors (Lipinski definition) is 3. The number of hydrogen-bond donors (Lipinski definition) is 1. The fraction of sp³-hybridized carbons (Fsp3) is 0.182. The predicted molar refractivity (Wildman–Crippen MR) is 109 cm³/mol. The summed E-state index contributed by atoms with van der Waals surface area (Å²) in [4.78, 5) is 16.1.